The number of hydrogen-bond donors (Lipinski definition) is 2. The molecule has 0 unspecified atom stereocenters. The number of hydrogen-bond acceptors (Lipinski definition) is 5. The average molecular weight is 379 g/mol. The van der Waals surface area contributed by atoms with Gasteiger partial charge in [0, 0.05) is 6.20 Å². The van der Waals surface area contributed by atoms with E-state index in [4.69, 9.17) is 4.42 Å². The molecule has 0 radical (unpaired) electrons. The molecule has 8 heteroatoms. The molecular weight excluding hydrogens is 365 g/mol. The summed E-state index contributed by atoms with van der Waals surface area (Å²) in [6, 6.07) is 11.6. The second kappa shape index (κ2) is 6.99. The van der Waals surface area contributed by atoms with Crippen molar-refractivity contribution in [2.45, 2.75) is 6.54 Å². The third kappa shape index (κ3) is 3.01. The first-order valence-corrected chi connectivity index (χ1v) is 8.35. The Morgan fingerprint density at radius 2 is 1.96 bits per heavy atom. The number of furan rings is 1. The molecule has 0 fully saturated rings. The topological polar surface area (TPSA) is 97.4 Å². The lowest BCUT2D eigenvalue weighted by Gasteiger charge is -2.14. The number of aromatic nitrogens is 2. The molecule has 2 N–H and O–H groups in total. The van der Waals surface area contributed by atoms with Crippen LogP contribution in [0.3, 0.4) is 0 Å². The van der Waals surface area contributed by atoms with Crippen LogP contribution in [0, 0.1) is 5.82 Å². The largest absolute Gasteiger partial charge is 0.506 e. The van der Waals surface area contributed by atoms with Gasteiger partial charge in [0.15, 0.2) is 5.65 Å². The van der Waals surface area contributed by atoms with E-state index in [-0.39, 0.29) is 17.6 Å². The number of fused-ring (bicyclic) bond motifs is 1. The van der Waals surface area contributed by atoms with Gasteiger partial charge in [-0.15, -0.1) is 0 Å². The minimum atomic E-state index is -0.771. The zero-order chi connectivity index (χ0) is 19.7. The highest BCUT2D eigenvalue weighted by Crippen LogP contribution is 2.26. The number of rotatable bonds is 4. The number of nitrogens with zero attached hydrogens (tertiary/aromatic N) is 2. The fraction of sp³-hybridized carbons (Fsp3) is 0.0500. The maximum absolute atomic E-state index is 13.3. The molecule has 1 aromatic carbocycles. The Morgan fingerprint density at radius 1 is 1.18 bits per heavy atom. The van der Waals surface area contributed by atoms with Crippen LogP contribution >= 0.6 is 0 Å². The van der Waals surface area contributed by atoms with E-state index in [0.29, 0.717) is 11.4 Å². The van der Waals surface area contributed by atoms with Crippen LogP contribution in [0.4, 0.5) is 4.39 Å². The van der Waals surface area contributed by atoms with Gasteiger partial charge in [-0.25, -0.2) is 9.37 Å². The Balaban J connectivity index is 1.88. The first-order chi connectivity index (χ1) is 13.6. The van der Waals surface area contributed by atoms with Gasteiger partial charge in [-0.05, 0) is 48.5 Å². The fourth-order valence-electron chi connectivity index (χ4n) is 2.91. The van der Waals surface area contributed by atoms with Crippen molar-refractivity contribution in [3.8, 4) is 11.4 Å². The molecule has 0 aliphatic rings. The maximum atomic E-state index is 13.3. The van der Waals surface area contributed by atoms with Crippen molar-refractivity contribution in [3.05, 3.63) is 88.5 Å². The van der Waals surface area contributed by atoms with Gasteiger partial charge >= 0.3 is 0 Å². The number of aromatic hydroxyl groups is 1. The second-order valence-electron chi connectivity index (χ2n) is 5.98. The highest BCUT2D eigenvalue weighted by molar-refractivity contribution is 6.01. The number of pyridine rings is 2. The molecule has 4 aromatic rings. The van der Waals surface area contributed by atoms with E-state index in [1.807, 2.05) is 0 Å². The van der Waals surface area contributed by atoms with Crippen molar-refractivity contribution in [1.82, 2.24) is 14.9 Å². The van der Waals surface area contributed by atoms with Crippen molar-refractivity contribution in [2.24, 2.45) is 0 Å². The van der Waals surface area contributed by atoms with Crippen LogP contribution in [0.1, 0.15) is 16.1 Å². The third-order valence-electron chi connectivity index (χ3n) is 4.22. The summed E-state index contributed by atoms with van der Waals surface area (Å²) in [5.74, 6) is -1.21. The SMILES string of the molecule is O=C(NCc1ccco1)c1c(O)c2cccnc2n(-c2ccc(F)cc2)c1=O. The summed E-state index contributed by atoms with van der Waals surface area (Å²) in [7, 11) is 0. The van der Waals surface area contributed by atoms with Gasteiger partial charge in [-0.3, -0.25) is 14.2 Å². The number of halogens is 1. The van der Waals surface area contributed by atoms with Crippen molar-refractivity contribution in [1.29, 1.82) is 0 Å². The van der Waals surface area contributed by atoms with Crippen molar-refractivity contribution < 1.29 is 18.7 Å². The Kier molecular flexibility index (Phi) is 4.36. The highest BCUT2D eigenvalue weighted by atomic mass is 19.1. The predicted molar refractivity (Wildman–Crippen MR) is 98.8 cm³/mol. The number of nitrogens with one attached hydrogen (secondary N) is 1. The molecule has 0 bridgehead atoms. The molecule has 1 amide bonds. The summed E-state index contributed by atoms with van der Waals surface area (Å²) >= 11 is 0. The van der Waals surface area contributed by atoms with Gasteiger partial charge in [0.2, 0.25) is 0 Å². The van der Waals surface area contributed by atoms with Crippen LogP contribution in [0.5, 0.6) is 5.75 Å². The number of benzene rings is 1. The lowest BCUT2D eigenvalue weighted by molar-refractivity contribution is 0.0943. The fourth-order valence-corrected chi connectivity index (χ4v) is 2.91. The number of carbonyl (C=O) groups is 1. The molecule has 3 heterocycles. The monoisotopic (exact) mass is 379 g/mol. The average Bonchev–Trinajstić information content (AvgIpc) is 3.22. The third-order valence-corrected chi connectivity index (χ3v) is 4.22. The molecule has 0 saturated heterocycles. The molecule has 0 spiro atoms. The molecule has 0 aliphatic carbocycles. The van der Waals surface area contributed by atoms with E-state index < -0.39 is 28.6 Å². The summed E-state index contributed by atoms with van der Waals surface area (Å²) in [6.45, 7) is 0.0480. The van der Waals surface area contributed by atoms with Crippen LogP contribution in [-0.4, -0.2) is 20.6 Å². The van der Waals surface area contributed by atoms with E-state index in [2.05, 4.69) is 10.3 Å². The highest BCUT2D eigenvalue weighted by Gasteiger charge is 2.23. The van der Waals surface area contributed by atoms with Gasteiger partial charge in [0.1, 0.15) is 22.9 Å². The summed E-state index contributed by atoms with van der Waals surface area (Å²) in [5.41, 5.74) is -0.738. The summed E-state index contributed by atoms with van der Waals surface area (Å²) in [6.07, 6.45) is 2.92. The normalized spacial score (nSPS) is 10.9. The second-order valence-corrected chi connectivity index (χ2v) is 5.98. The maximum Gasteiger partial charge on any atom is 0.273 e. The number of carbonyl (C=O) groups excluding carboxylic acids is 1. The van der Waals surface area contributed by atoms with Gasteiger partial charge in [0.25, 0.3) is 11.5 Å². The lowest BCUT2D eigenvalue weighted by atomic mass is 10.1. The standard InChI is InChI=1S/C20H14FN3O4/c21-12-5-7-13(8-6-12)24-18-15(4-1-9-22-18)17(25)16(20(24)27)19(26)23-11-14-3-2-10-28-14/h1-10,25H,11H2,(H,23,26). The Bertz CT molecular complexity index is 1210. The van der Waals surface area contributed by atoms with Gasteiger partial charge in [-0.2, -0.15) is 0 Å². The Hall–Kier alpha value is -3.94. The predicted octanol–water partition coefficient (Wildman–Crippen LogP) is 2.75. The van der Waals surface area contributed by atoms with E-state index in [1.165, 1.54) is 36.7 Å². The van der Waals surface area contributed by atoms with Crippen molar-refractivity contribution >= 4 is 16.9 Å². The first kappa shape index (κ1) is 17.5. The molecule has 28 heavy (non-hydrogen) atoms. The molecule has 140 valence electrons. The Morgan fingerprint density at radius 3 is 2.68 bits per heavy atom. The van der Waals surface area contributed by atoms with Crippen molar-refractivity contribution in [2.75, 3.05) is 0 Å². The summed E-state index contributed by atoms with van der Waals surface area (Å²) < 4.78 is 19.6. The van der Waals surface area contributed by atoms with Crippen LogP contribution < -0.4 is 10.9 Å². The van der Waals surface area contributed by atoms with Crippen LogP contribution in [-0.2, 0) is 6.54 Å². The van der Waals surface area contributed by atoms with E-state index >= 15 is 0 Å². The summed E-state index contributed by atoms with van der Waals surface area (Å²) in [4.78, 5) is 29.9. The number of amides is 1. The minimum Gasteiger partial charge on any atom is -0.506 e. The van der Waals surface area contributed by atoms with Crippen molar-refractivity contribution in [3.63, 3.8) is 0 Å². The molecule has 0 aliphatic heterocycles. The Labute approximate surface area is 157 Å². The van der Waals surface area contributed by atoms with Crippen LogP contribution in [0.2, 0.25) is 0 Å². The lowest BCUT2D eigenvalue weighted by Crippen LogP contribution is -2.33. The smallest absolute Gasteiger partial charge is 0.273 e. The van der Waals surface area contributed by atoms with E-state index in [1.54, 1.807) is 24.3 Å². The van der Waals surface area contributed by atoms with E-state index in [9.17, 15) is 19.1 Å². The van der Waals surface area contributed by atoms with Gasteiger partial charge < -0.3 is 14.8 Å². The van der Waals surface area contributed by atoms with Crippen LogP contribution in [0.25, 0.3) is 16.7 Å². The molecule has 3 aromatic heterocycles. The zero-order valence-corrected chi connectivity index (χ0v) is 14.4. The quantitative estimate of drug-likeness (QED) is 0.568. The minimum absolute atomic E-state index is 0.0480. The molecule has 0 saturated carbocycles. The zero-order valence-electron chi connectivity index (χ0n) is 14.4. The molecule has 7 nitrogen and oxygen atoms in total. The van der Waals surface area contributed by atoms with Crippen LogP contribution in [0.15, 0.2) is 70.2 Å². The van der Waals surface area contributed by atoms with Gasteiger partial charge in [0.05, 0.1) is 23.9 Å². The van der Waals surface area contributed by atoms with E-state index in [0.717, 1.165) is 4.57 Å². The first-order valence-electron chi connectivity index (χ1n) is 8.35. The molecule has 0 atom stereocenters. The van der Waals surface area contributed by atoms with Gasteiger partial charge in [-0.1, -0.05) is 0 Å². The molecule has 4 rings (SSSR count). The molecular formula is C20H14FN3O4. The summed E-state index contributed by atoms with van der Waals surface area (Å²) in [5, 5.41) is 13.3.